The molecule has 0 aliphatic carbocycles. The lowest BCUT2D eigenvalue weighted by Gasteiger charge is -2.17. The van der Waals surface area contributed by atoms with Crippen molar-refractivity contribution >= 4 is 55.7 Å². The van der Waals surface area contributed by atoms with Crippen LogP contribution in [-0.2, 0) is 48.9 Å². The topological polar surface area (TPSA) is 345 Å². The van der Waals surface area contributed by atoms with Crippen molar-refractivity contribution in [3.63, 3.8) is 0 Å². The molecule has 0 fully saturated rings. The van der Waals surface area contributed by atoms with Gasteiger partial charge in [0.2, 0.25) is 6.79 Å². The van der Waals surface area contributed by atoms with Crippen molar-refractivity contribution < 1.29 is 64.6 Å². The maximum atomic E-state index is 12.5. The summed E-state index contributed by atoms with van der Waals surface area (Å²) in [6, 6.07) is 11.0. The molecule has 2 atom stereocenters. The van der Waals surface area contributed by atoms with E-state index in [4.69, 9.17) is 32.4 Å². The Bertz CT molecular complexity index is 1770. The fourth-order valence-corrected chi connectivity index (χ4v) is 5.04. The van der Waals surface area contributed by atoms with Gasteiger partial charge < -0.3 is 23.9 Å². The summed E-state index contributed by atoms with van der Waals surface area (Å²) in [6.45, 7) is 5.24. The first-order chi connectivity index (χ1) is 25.6. The molecule has 21 heteroatoms. The van der Waals surface area contributed by atoms with Crippen molar-refractivity contribution in [2.45, 2.75) is 68.7 Å². The number of hydrogen-bond donors (Lipinski definition) is 7. The van der Waals surface area contributed by atoms with E-state index in [1.807, 2.05) is 13.8 Å². The molecular weight excluding hydrogens is 763 g/mol. The monoisotopic (exact) mass is 813 g/mol. The summed E-state index contributed by atoms with van der Waals surface area (Å²) in [6.07, 6.45) is 3.89. The van der Waals surface area contributed by atoms with Crippen molar-refractivity contribution in [2.75, 3.05) is 26.9 Å². The molecule has 2 aromatic carbocycles. The predicted octanol–water partition coefficient (Wildman–Crippen LogP) is -3.59. The molecule has 55 heavy (non-hydrogen) atoms. The van der Waals surface area contributed by atoms with Crippen LogP contribution >= 0.6 is 0 Å². The second-order valence-corrected chi connectivity index (χ2v) is 14.5. The van der Waals surface area contributed by atoms with Crippen LogP contribution in [0.2, 0.25) is 0 Å². The summed E-state index contributed by atoms with van der Waals surface area (Å²) in [4.78, 5) is 52.8. The standard InChI is InChI=1S/C20H35N7O6.2C7H8O3S/c1-13(28)7-8-15(29)11-14(5-3-9-26-19(21)22)17(30)32-12-33-18(31)16(25-2)6-4-10-27-20(23)24;2*1-6-2-4-7(5-3-6)11(8,9)10/h7-8,14,16,25H,3-6,9-12H2,1-2H3,(H4,21,22,26)(H4,23,24,27);2*2-5H,1H3,(H,8,9,10)/b8-7+;;. The van der Waals surface area contributed by atoms with Crippen molar-refractivity contribution in [3.8, 4) is 0 Å². The highest BCUT2D eigenvalue weighted by Gasteiger charge is 2.24. The highest BCUT2D eigenvalue weighted by atomic mass is 32.2. The highest BCUT2D eigenvalue weighted by Crippen LogP contribution is 2.15. The SMILES string of the molecule is CNC(CCC[NH+]=C(N)N)C(=O)OCOC(=O)C(CCC[NH+]=C(N)N)CC(=O)/C=C/C(C)=O.Cc1ccc(S(=O)(=O)[O-])cc1.Cc1ccc(S(=O)(=O)[O-])cc1. The molecule has 306 valence electrons. The quantitative estimate of drug-likeness (QED) is 0.0137. The molecule has 11 N–H and O–H groups in total. The van der Waals surface area contributed by atoms with E-state index >= 15 is 0 Å². The number of allylic oxidation sites excluding steroid dienone is 2. The number of esters is 2. The second kappa shape index (κ2) is 25.7. The van der Waals surface area contributed by atoms with Crippen molar-refractivity contribution in [3.05, 3.63) is 71.8 Å². The summed E-state index contributed by atoms with van der Waals surface area (Å²) in [5.74, 6) is -2.64. The van der Waals surface area contributed by atoms with Gasteiger partial charge in [-0.15, -0.1) is 0 Å². The van der Waals surface area contributed by atoms with Crippen molar-refractivity contribution in [2.24, 2.45) is 28.9 Å². The van der Waals surface area contributed by atoms with E-state index in [0.717, 1.165) is 23.3 Å². The van der Waals surface area contributed by atoms with Gasteiger partial charge in [0, 0.05) is 6.42 Å². The van der Waals surface area contributed by atoms with Gasteiger partial charge in [-0.25, -0.2) is 16.8 Å². The first-order valence-electron chi connectivity index (χ1n) is 16.6. The van der Waals surface area contributed by atoms with E-state index in [0.29, 0.717) is 38.8 Å². The van der Waals surface area contributed by atoms with E-state index < -0.39 is 56.7 Å². The Kier molecular flexibility index (Phi) is 23.3. The van der Waals surface area contributed by atoms with Gasteiger partial charge in [-0.3, -0.25) is 52.1 Å². The Morgan fingerprint density at radius 3 is 1.53 bits per heavy atom. The van der Waals surface area contributed by atoms with Crippen molar-refractivity contribution in [1.82, 2.24) is 5.32 Å². The van der Waals surface area contributed by atoms with Gasteiger partial charge >= 0.3 is 23.9 Å². The molecule has 0 aromatic heterocycles. The minimum absolute atomic E-state index is 0.0426. The summed E-state index contributed by atoms with van der Waals surface area (Å²) >= 11 is 0. The Balaban J connectivity index is 0.00000106. The van der Waals surface area contributed by atoms with E-state index in [1.165, 1.54) is 31.2 Å². The lowest BCUT2D eigenvalue weighted by molar-refractivity contribution is -0.460. The second-order valence-electron chi connectivity index (χ2n) is 11.8. The van der Waals surface area contributed by atoms with E-state index in [9.17, 15) is 45.1 Å². The molecule has 0 spiro atoms. The van der Waals surface area contributed by atoms with Crippen LogP contribution in [0.5, 0.6) is 0 Å². The third-order valence-electron chi connectivity index (χ3n) is 7.00. The van der Waals surface area contributed by atoms with Crippen LogP contribution in [0.4, 0.5) is 0 Å². The molecule has 0 bridgehead atoms. The number of aryl methyl sites for hydroxylation is 2. The van der Waals surface area contributed by atoms with Crippen LogP contribution in [-0.4, -0.2) is 94.3 Å². The first kappa shape index (κ1) is 49.8. The van der Waals surface area contributed by atoms with Gasteiger partial charge in [0.05, 0.1) is 28.8 Å². The zero-order valence-electron chi connectivity index (χ0n) is 31.1. The normalized spacial score (nSPS) is 12.0. The van der Waals surface area contributed by atoms with Crippen LogP contribution in [0, 0.1) is 19.8 Å². The van der Waals surface area contributed by atoms with E-state index in [1.54, 1.807) is 31.3 Å². The lowest BCUT2D eigenvalue weighted by atomic mass is 9.96. The lowest BCUT2D eigenvalue weighted by Crippen LogP contribution is -2.78. The third kappa shape index (κ3) is 24.7. The number of guanidine groups is 2. The fraction of sp³-hybridized carbons (Fsp3) is 0.412. The summed E-state index contributed by atoms with van der Waals surface area (Å²) in [5, 5.41) is 2.82. The van der Waals surface area contributed by atoms with Crippen LogP contribution in [0.25, 0.3) is 0 Å². The molecule has 2 aromatic rings. The Morgan fingerprint density at radius 2 is 1.15 bits per heavy atom. The zero-order chi connectivity index (χ0) is 42.2. The number of likely N-dealkylation sites (N-methyl/N-ethyl adjacent to an activating group) is 1. The van der Waals surface area contributed by atoms with Gasteiger partial charge in [-0.05, 0) is 89.9 Å². The van der Waals surface area contributed by atoms with Crippen LogP contribution < -0.4 is 38.2 Å². The fourth-order valence-electron chi connectivity index (χ4n) is 4.10. The maximum Gasteiger partial charge on any atom is 0.338 e. The molecule has 2 rings (SSSR count). The molecule has 0 heterocycles. The predicted molar refractivity (Wildman–Crippen MR) is 198 cm³/mol. The number of ether oxygens (including phenoxy) is 2. The molecule has 0 saturated heterocycles. The first-order valence-corrected chi connectivity index (χ1v) is 19.4. The number of ketones is 2. The minimum Gasteiger partial charge on any atom is -0.744 e. The Labute approximate surface area is 321 Å². The molecule has 0 saturated carbocycles. The van der Waals surface area contributed by atoms with Crippen LogP contribution in [0.1, 0.15) is 50.2 Å². The number of carbonyl (C=O) groups excluding carboxylic acids is 4. The summed E-state index contributed by atoms with van der Waals surface area (Å²) in [5.41, 5.74) is 23.1. The summed E-state index contributed by atoms with van der Waals surface area (Å²) in [7, 11) is -6.94. The summed E-state index contributed by atoms with van der Waals surface area (Å²) < 4.78 is 72.4. The number of hydrogen-bond acceptors (Lipinski definition) is 13. The van der Waals surface area contributed by atoms with Crippen molar-refractivity contribution in [1.29, 1.82) is 0 Å². The maximum absolute atomic E-state index is 12.5. The Morgan fingerprint density at radius 1 is 0.727 bits per heavy atom. The molecule has 0 aliphatic heterocycles. The van der Waals surface area contributed by atoms with E-state index in [-0.39, 0.29) is 33.9 Å². The average molecular weight is 814 g/mol. The van der Waals surface area contributed by atoms with E-state index in [2.05, 4.69) is 15.3 Å². The number of benzene rings is 2. The van der Waals surface area contributed by atoms with Crippen LogP contribution in [0.3, 0.4) is 0 Å². The molecule has 0 radical (unpaired) electrons. The minimum atomic E-state index is -4.27. The zero-order valence-corrected chi connectivity index (χ0v) is 32.7. The molecule has 0 aliphatic rings. The molecule has 0 amide bonds. The van der Waals surface area contributed by atoms with Crippen LogP contribution in [0.15, 0.2) is 70.5 Å². The smallest absolute Gasteiger partial charge is 0.338 e. The van der Waals surface area contributed by atoms with Gasteiger partial charge in [-0.2, -0.15) is 0 Å². The average Bonchev–Trinajstić information content (AvgIpc) is 3.08. The van der Waals surface area contributed by atoms with Gasteiger partial charge in [0.25, 0.3) is 0 Å². The molecule has 19 nitrogen and oxygen atoms in total. The Hall–Kier alpha value is -5.22. The number of rotatable bonds is 19. The number of nitrogens with one attached hydrogen (secondary N) is 3. The number of nitrogens with two attached hydrogens (primary N) is 4. The molecule has 2 unspecified atom stereocenters. The van der Waals surface area contributed by atoms with Gasteiger partial charge in [0.1, 0.15) is 26.3 Å². The highest BCUT2D eigenvalue weighted by molar-refractivity contribution is 7.86. The number of carbonyl (C=O) groups is 4. The molecular formula is C34H51N7O12S2. The third-order valence-corrected chi connectivity index (χ3v) is 8.70. The largest absolute Gasteiger partial charge is 0.744 e. The van der Waals surface area contributed by atoms with Gasteiger partial charge in [0.15, 0.2) is 11.6 Å². The van der Waals surface area contributed by atoms with Gasteiger partial charge in [-0.1, -0.05) is 35.4 Å².